The second kappa shape index (κ2) is 13.1. The summed E-state index contributed by atoms with van der Waals surface area (Å²) in [5.74, 6) is -1.16. The van der Waals surface area contributed by atoms with Crippen LogP contribution < -0.4 is 10.6 Å². The minimum absolute atomic E-state index is 0.114. The van der Waals surface area contributed by atoms with Gasteiger partial charge in [-0.1, -0.05) is 76.6 Å². The van der Waals surface area contributed by atoms with E-state index in [-0.39, 0.29) is 37.1 Å². The van der Waals surface area contributed by atoms with Crippen molar-refractivity contribution in [3.8, 4) is 0 Å². The molecule has 2 amide bonds. The molecule has 7 heteroatoms. The molecule has 0 unspecified atom stereocenters. The average molecular weight is 521 g/mol. The number of hydrogen-bond acceptors (Lipinski definition) is 4. The highest BCUT2D eigenvalue weighted by molar-refractivity contribution is 9.10. The number of nitrogens with one attached hydrogen (secondary N) is 2. The van der Waals surface area contributed by atoms with E-state index in [0.717, 1.165) is 15.6 Å². The maximum atomic E-state index is 12.8. The summed E-state index contributed by atoms with van der Waals surface area (Å²) in [5, 5.41) is 5.45. The van der Waals surface area contributed by atoms with E-state index in [0.29, 0.717) is 12.0 Å². The van der Waals surface area contributed by atoms with Crippen LogP contribution in [0, 0.1) is 0 Å². The first-order chi connectivity index (χ1) is 16.5. The van der Waals surface area contributed by atoms with E-state index in [1.807, 2.05) is 60.7 Å². The van der Waals surface area contributed by atoms with Gasteiger partial charge in [-0.05, 0) is 47.9 Å². The van der Waals surface area contributed by atoms with Crippen molar-refractivity contribution in [2.24, 2.45) is 0 Å². The fraction of sp³-hybridized carbons (Fsp3) is 0.148. The molecule has 0 atom stereocenters. The summed E-state index contributed by atoms with van der Waals surface area (Å²) in [6.45, 7) is 0.482. The Balaban J connectivity index is 1.54. The molecule has 3 rings (SSSR count). The van der Waals surface area contributed by atoms with Crippen molar-refractivity contribution >= 4 is 39.8 Å². The summed E-state index contributed by atoms with van der Waals surface area (Å²) in [7, 11) is 0. The highest BCUT2D eigenvalue weighted by Crippen LogP contribution is 2.13. The first-order valence-electron chi connectivity index (χ1n) is 10.8. The van der Waals surface area contributed by atoms with Crippen LogP contribution in [0.15, 0.2) is 95.1 Å². The molecule has 174 valence electrons. The molecular weight excluding hydrogens is 496 g/mol. The monoisotopic (exact) mass is 520 g/mol. The predicted molar refractivity (Wildman–Crippen MR) is 135 cm³/mol. The Morgan fingerprint density at radius 3 is 2.18 bits per heavy atom. The Labute approximate surface area is 207 Å². The summed E-state index contributed by atoms with van der Waals surface area (Å²) in [5.41, 5.74) is 2.23. The highest BCUT2D eigenvalue weighted by Gasteiger charge is 2.14. The van der Waals surface area contributed by atoms with Crippen LogP contribution in [0.3, 0.4) is 0 Å². The highest BCUT2D eigenvalue weighted by atomic mass is 79.9. The van der Waals surface area contributed by atoms with Crippen molar-refractivity contribution in [2.75, 3.05) is 6.54 Å². The van der Waals surface area contributed by atoms with E-state index in [1.54, 1.807) is 30.3 Å². The molecule has 34 heavy (non-hydrogen) atoms. The topological polar surface area (TPSA) is 84.5 Å². The number of amides is 2. The third kappa shape index (κ3) is 8.33. The number of halogens is 1. The average Bonchev–Trinajstić information content (AvgIpc) is 2.87. The molecule has 0 aromatic heterocycles. The van der Waals surface area contributed by atoms with E-state index < -0.39 is 5.91 Å². The number of carbonyl (C=O) groups is 3. The Hall–Kier alpha value is -3.71. The lowest BCUT2D eigenvalue weighted by atomic mass is 10.1. The molecule has 3 aromatic carbocycles. The van der Waals surface area contributed by atoms with Crippen molar-refractivity contribution in [3.05, 3.63) is 112 Å². The molecule has 0 aliphatic heterocycles. The lowest BCUT2D eigenvalue weighted by molar-refractivity contribution is -0.145. The summed E-state index contributed by atoms with van der Waals surface area (Å²) in [6.07, 6.45) is 2.20. The third-order valence-electron chi connectivity index (χ3n) is 4.80. The zero-order valence-electron chi connectivity index (χ0n) is 18.5. The van der Waals surface area contributed by atoms with Gasteiger partial charge in [0.25, 0.3) is 11.8 Å². The Kier molecular flexibility index (Phi) is 9.61. The summed E-state index contributed by atoms with van der Waals surface area (Å²) < 4.78 is 6.15. The maximum absolute atomic E-state index is 12.8. The molecule has 6 nitrogen and oxygen atoms in total. The maximum Gasteiger partial charge on any atom is 0.306 e. The number of rotatable bonds is 10. The van der Waals surface area contributed by atoms with E-state index in [2.05, 4.69) is 26.6 Å². The number of esters is 1. The van der Waals surface area contributed by atoms with Gasteiger partial charge in [-0.3, -0.25) is 14.4 Å². The van der Waals surface area contributed by atoms with Gasteiger partial charge in [-0.2, -0.15) is 0 Å². The zero-order chi connectivity index (χ0) is 24.2. The van der Waals surface area contributed by atoms with Crippen molar-refractivity contribution in [1.82, 2.24) is 10.6 Å². The van der Waals surface area contributed by atoms with Crippen LogP contribution in [-0.4, -0.2) is 24.3 Å². The second-order valence-electron chi connectivity index (χ2n) is 7.44. The molecule has 0 radical (unpaired) electrons. The van der Waals surface area contributed by atoms with E-state index >= 15 is 0 Å². The van der Waals surface area contributed by atoms with Crippen LogP contribution in [-0.2, 0) is 20.9 Å². The Bertz CT molecular complexity index is 1130. The first kappa shape index (κ1) is 24.9. The van der Waals surface area contributed by atoms with Crippen molar-refractivity contribution in [1.29, 1.82) is 0 Å². The molecule has 0 spiro atoms. The molecule has 0 aliphatic rings. The quantitative estimate of drug-likeness (QED) is 0.227. The molecule has 3 aromatic rings. The molecule has 0 bridgehead atoms. The second-order valence-corrected chi connectivity index (χ2v) is 8.35. The molecule has 0 saturated carbocycles. The van der Waals surface area contributed by atoms with Crippen LogP contribution >= 0.6 is 15.9 Å². The molecule has 0 saturated heterocycles. The molecule has 0 heterocycles. The standard InChI is InChI=1S/C27H25BrN2O4/c28-23-15-13-20(14-16-23)18-24(30-26(32)22-10-5-2-6-11-22)27(33)29-17-7-12-25(31)34-19-21-8-3-1-4-9-21/h1-6,8-11,13-16,18H,7,12,17,19H2,(H,29,33)(H,30,32)/b24-18-. The number of carbonyl (C=O) groups excluding carboxylic acids is 3. The van der Waals surface area contributed by atoms with Gasteiger partial charge in [0.15, 0.2) is 0 Å². The van der Waals surface area contributed by atoms with Crippen LogP contribution in [0.2, 0.25) is 0 Å². The first-order valence-corrected chi connectivity index (χ1v) is 11.6. The predicted octanol–water partition coefficient (Wildman–Crippen LogP) is 4.86. The van der Waals surface area contributed by atoms with Crippen molar-refractivity contribution in [3.63, 3.8) is 0 Å². The van der Waals surface area contributed by atoms with Gasteiger partial charge in [-0.25, -0.2) is 0 Å². The van der Waals surface area contributed by atoms with Gasteiger partial charge >= 0.3 is 5.97 Å². The normalized spacial score (nSPS) is 10.9. The third-order valence-corrected chi connectivity index (χ3v) is 5.32. The van der Waals surface area contributed by atoms with Gasteiger partial charge in [0.2, 0.25) is 0 Å². The Morgan fingerprint density at radius 2 is 1.50 bits per heavy atom. The van der Waals surface area contributed by atoms with Gasteiger partial charge in [0, 0.05) is 23.0 Å². The lowest BCUT2D eigenvalue weighted by Gasteiger charge is -2.11. The van der Waals surface area contributed by atoms with Crippen molar-refractivity contribution in [2.45, 2.75) is 19.4 Å². The molecule has 0 fully saturated rings. The van der Waals surface area contributed by atoms with Gasteiger partial charge < -0.3 is 15.4 Å². The lowest BCUT2D eigenvalue weighted by Crippen LogP contribution is -2.35. The number of benzene rings is 3. The van der Waals surface area contributed by atoms with Crippen LogP contribution in [0.1, 0.15) is 34.3 Å². The molecule has 0 aliphatic carbocycles. The number of ether oxygens (including phenoxy) is 1. The Morgan fingerprint density at radius 1 is 0.853 bits per heavy atom. The van der Waals surface area contributed by atoms with Crippen molar-refractivity contribution < 1.29 is 19.1 Å². The van der Waals surface area contributed by atoms with E-state index in [4.69, 9.17) is 4.74 Å². The van der Waals surface area contributed by atoms with Crippen LogP contribution in [0.4, 0.5) is 0 Å². The van der Waals surface area contributed by atoms with E-state index in [1.165, 1.54) is 0 Å². The van der Waals surface area contributed by atoms with E-state index in [9.17, 15) is 14.4 Å². The SMILES string of the molecule is O=C(CCCNC(=O)/C(=C/c1ccc(Br)cc1)NC(=O)c1ccccc1)OCc1ccccc1. The smallest absolute Gasteiger partial charge is 0.306 e. The number of hydrogen-bond donors (Lipinski definition) is 2. The zero-order valence-corrected chi connectivity index (χ0v) is 20.1. The molecular formula is C27H25BrN2O4. The largest absolute Gasteiger partial charge is 0.461 e. The van der Waals surface area contributed by atoms with Crippen LogP contribution in [0.25, 0.3) is 6.08 Å². The van der Waals surface area contributed by atoms with Gasteiger partial charge in [0.05, 0.1) is 0 Å². The van der Waals surface area contributed by atoms with Gasteiger partial charge in [-0.15, -0.1) is 0 Å². The fourth-order valence-corrected chi connectivity index (χ4v) is 3.27. The summed E-state index contributed by atoms with van der Waals surface area (Å²) in [6, 6.07) is 25.5. The van der Waals surface area contributed by atoms with Crippen LogP contribution in [0.5, 0.6) is 0 Å². The minimum Gasteiger partial charge on any atom is -0.461 e. The summed E-state index contributed by atoms with van der Waals surface area (Å²) in [4.78, 5) is 37.4. The minimum atomic E-state index is -0.440. The van der Waals surface area contributed by atoms with Gasteiger partial charge in [0.1, 0.15) is 12.3 Å². The summed E-state index contributed by atoms with van der Waals surface area (Å²) >= 11 is 3.38. The molecule has 2 N–H and O–H groups in total. The fourth-order valence-electron chi connectivity index (χ4n) is 3.01.